The van der Waals surface area contributed by atoms with E-state index in [4.69, 9.17) is 9.47 Å². The first-order valence-corrected chi connectivity index (χ1v) is 5.58. The van der Waals surface area contributed by atoms with Crippen LogP contribution in [-0.4, -0.2) is 42.5 Å². The molecule has 96 valence electrons. The van der Waals surface area contributed by atoms with Crippen LogP contribution >= 0.6 is 0 Å². The number of ether oxygens (including phenoxy) is 2. The highest BCUT2D eigenvalue weighted by Gasteiger charge is 2.39. The lowest BCUT2D eigenvalue weighted by Gasteiger charge is -2.36. The van der Waals surface area contributed by atoms with Crippen LogP contribution in [0.2, 0.25) is 0 Å². The number of hydrogen-bond acceptors (Lipinski definition) is 5. The second-order valence-electron chi connectivity index (χ2n) is 4.41. The van der Waals surface area contributed by atoms with Gasteiger partial charge in [0.05, 0.1) is 25.5 Å². The molecule has 2 aliphatic rings. The molecule has 0 atom stereocenters. The Bertz CT molecular complexity index is 549. The largest absolute Gasteiger partial charge is 0.447 e. The fourth-order valence-electron chi connectivity index (χ4n) is 1.99. The number of aromatic nitrogens is 1. The van der Waals surface area contributed by atoms with Gasteiger partial charge in [-0.3, -0.25) is 9.69 Å². The third-order valence-electron chi connectivity index (χ3n) is 3.06. The summed E-state index contributed by atoms with van der Waals surface area (Å²) in [7, 11) is 0. The minimum atomic E-state index is -1.17. The summed E-state index contributed by atoms with van der Waals surface area (Å²) in [6.07, 6.45) is -0.500. The standard InChI is InChI=1S/C11H12N2O5/c14-7-3-8(11(16)5-17-6-11)12-9(4-7)13-1-2-18-10(13)15/h3-4,16H,1-2,5-6H2,(H,12,14). The number of anilines is 1. The van der Waals surface area contributed by atoms with Crippen molar-refractivity contribution in [1.29, 1.82) is 0 Å². The molecule has 1 amide bonds. The summed E-state index contributed by atoms with van der Waals surface area (Å²) >= 11 is 0. The van der Waals surface area contributed by atoms with Crippen molar-refractivity contribution in [3.05, 3.63) is 28.0 Å². The quantitative estimate of drug-likeness (QED) is 0.743. The maximum Gasteiger partial charge on any atom is 0.415 e. The van der Waals surface area contributed by atoms with Gasteiger partial charge < -0.3 is 19.6 Å². The average Bonchev–Trinajstić information content (AvgIpc) is 2.71. The van der Waals surface area contributed by atoms with Gasteiger partial charge in [0.2, 0.25) is 0 Å². The van der Waals surface area contributed by atoms with Crippen LogP contribution in [0.1, 0.15) is 5.69 Å². The normalized spacial score (nSPS) is 21.6. The lowest BCUT2D eigenvalue weighted by Crippen LogP contribution is -2.47. The molecule has 2 saturated heterocycles. The van der Waals surface area contributed by atoms with Crippen molar-refractivity contribution >= 4 is 11.9 Å². The van der Waals surface area contributed by atoms with Crippen LogP contribution in [0.15, 0.2) is 16.9 Å². The molecule has 1 aromatic rings. The van der Waals surface area contributed by atoms with Crippen LogP contribution in [-0.2, 0) is 15.1 Å². The van der Waals surface area contributed by atoms with E-state index in [9.17, 15) is 14.7 Å². The second-order valence-corrected chi connectivity index (χ2v) is 4.41. The first kappa shape index (κ1) is 11.2. The van der Waals surface area contributed by atoms with E-state index in [2.05, 4.69) is 4.98 Å². The van der Waals surface area contributed by atoms with E-state index in [0.717, 1.165) is 0 Å². The molecule has 2 aliphatic heterocycles. The summed E-state index contributed by atoms with van der Waals surface area (Å²) in [5, 5.41) is 10.1. The van der Waals surface area contributed by atoms with Gasteiger partial charge in [-0.25, -0.2) is 4.79 Å². The van der Waals surface area contributed by atoms with Crippen LogP contribution in [0, 0.1) is 0 Å². The number of carbonyl (C=O) groups excluding carboxylic acids is 1. The zero-order valence-electron chi connectivity index (χ0n) is 9.51. The average molecular weight is 252 g/mol. The number of hydrogen-bond donors (Lipinski definition) is 2. The summed E-state index contributed by atoms with van der Waals surface area (Å²) in [6.45, 7) is 0.944. The minimum absolute atomic E-state index is 0.136. The summed E-state index contributed by atoms with van der Waals surface area (Å²) in [5.74, 6) is 0.334. The van der Waals surface area contributed by atoms with E-state index in [1.807, 2.05) is 0 Å². The monoisotopic (exact) mass is 252 g/mol. The molecule has 3 rings (SSSR count). The Morgan fingerprint density at radius 2 is 2.11 bits per heavy atom. The molecule has 1 aromatic heterocycles. The number of H-pyrrole nitrogens is 1. The molecule has 3 heterocycles. The number of rotatable bonds is 2. The lowest BCUT2D eigenvalue weighted by molar-refractivity contribution is -0.186. The predicted molar refractivity (Wildman–Crippen MR) is 60.5 cm³/mol. The van der Waals surface area contributed by atoms with Crippen LogP contribution in [0.4, 0.5) is 10.6 Å². The van der Waals surface area contributed by atoms with Gasteiger partial charge in [-0.1, -0.05) is 0 Å². The minimum Gasteiger partial charge on any atom is -0.447 e. The highest BCUT2D eigenvalue weighted by molar-refractivity contribution is 5.88. The van der Waals surface area contributed by atoms with Gasteiger partial charge in [0.15, 0.2) is 11.0 Å². The molecular weight excluding hydrogens is 240 g/mol. The Morgan fingerprint density at radius 3 is 2.67 bits per heavy atom. The maximum absolute atomic E-state index is 11.6. The smallest absolute Gasteiger partial charge is 0.415 e. The molecule has 0 radical (unpaired) electrons. The molecular formula is C11H12N2O5. The van der Waals surface area contributed by atoms with E-state index in [1.54, 1.807) is 0 Å². The van der Waals surface area contributed by atoms with Gasteiger partial charge in [0.25, 0.3) is 0 Å². The molecule has 2 N–H and O–H groups in total. The Morgan fingerprint density at radius 1 is 1.33 bits per heavy atom. The van der Waals surface area contributed by atoms with Crippen LogP contribution < -0.4 is 10.3 Å². The molecule has 7 heteroatoms. The predicted octanol–water partition coefficient (Wildman–Crippen LogP) is -0.451. The number of cyclic esters (lactones) is 1. The summed E-state index contributed by atoms with van der Waals surface area (Å²) < 4.78 is 9.74. The van der Waals surface area contributed by atoms with Crippen molar-refractivity contribution in [1.82, 2.24) is 4.98 Å². The maximum atomic E-state index is 11.6. The molecule has 18 heavy (non-hydrogen) atoms. The Labute approximate surface area is 102 Å². The first-order valence-electron chi connectivity index (χ1n) is 5.58. The summed E-state index contributed by atoms with van der Waals surface area (Å²) in [4.78, 5) is 27.3. The van der Waals surface area contributed by atoms with Gasteiger partial charge in [-0.05, 0) is 0 Å². The number of carbonyl (C=O) groups is 1. The number of amides is 1. The van der Waals surface area contributed by atoms with E-state index < -0.39 is 11.7 Å². The molecule has 0 unspecified atom stereocenters. The van der Waals surface area contributed by atoms with E-state index >= 15 is 0 Å². The third-order valence-corrected chi connectivity index (χ3v) is 3.06. The SMILES string of the molecule is O=C1OCCN1c1cc(=O)cc(C2(O)COC2)[nH]1. The van der Waals surface area contributed by atoms with Crippen LogP contribution in [0.3, 0.4) is 0 Å². The van der Waals surface area contributed by atoms with Crippen LogP contribution in [0.5, 0.6) is 0 Å². The second kappa shape index (κ2) is 3.82. The third kappa shape index (κ3) is 1.68. The van der Waals surface area contributed by atoms with Crippen LogP contribution in [0.25, 0.3) is 0 Å². The summed E-state index contributed by atoms with van der Waals surface area (Å²) in [6, 6.07) is 2.62. The van der Waals surface area contributed by atoms with Gasteiger partial charge in [0.1, 0.15) is 12.4 Å². The highest BCUT2D eigenvalue weighted by Crippen LogP contribution is 2.28. The van der Waals surface area contributed by atoms with Gasteiger partial charge in [-0.2, -0.15) is 0 Å². The van der Waals surface area contributed by atoms with Crippen molar-refractivity contribution < 1.29 is 19.4 Å². The molecule has 0 bridgehead atoms. The van der Waals surface area contributed by atoms with Gasteiger partial charge >= 0.3 is 6.09 Å². The molecule has 0 spiro atoms. The molecule has 0 aliphatic carbocycles. The number of nitrogens with zero attached hydrogens (tertiary/aromatic N) is 1. The number of aromatic amines is 1. The van der Waals surface area contributed by atoms with E-state index in [-0.39, 0.29) is 18.6 Å². The molecule has 2 fully saturated rings. The van der Waals surface area contributed by atoms with Crippen molar-refractivity contribution in [2.24, 2.45) is 0 Å². The molecule has 0 aromatic carbocycles. The van der Waals surface area contributed by atoms with Gasteiger partial charge in [0, 0.05) is 12.1 Å². The number of nitrogens with one attached hydrogen (secondary N) is 1. The molecule has 0 saturated carbocycles. The van der Waals surface area contributed by atoms with Crippen molar-refractivity contribution in [2.45, 2.75) is 5.60 Å². The Hall–Kier alpha value is -1.86. The lowest BCUT2D eigenvalue weighted by atomic mass is 9.97. The van der Waals surface area contributed by atoms with Gasteiger partial charge in [-0.15, -0.1) is 0 Å². The van der Waals surface area contributed by atoms with Crippen molar-refractivity contribution in [2.75, 3.05) is 31.3 Å². The van der Waals surface area contributed by atoms with E-state index in [1.165, 1.54) is 17.0 Å². The van der Waals surface area contributed by atoms with Crippen molar-refractivity contribution in [3.8, 4) is 0 Å². The zero-order chi connectivity index (χ0) is 12.8. The first-order chi connectivity index (χ1) is 8.58. The van der Waals surface area contributed by atoms with Crippen molar-refractivity contribution in [3.63, 3.8) is 0 Å². The topological polar surface area (TPSA) is 91.9 Å². The summed E-state index contributed by atoms with van der Waals surface area (Å²) in [5.41, 5.74) is -1.09. The fraction of sp³-hybridized carbons (Fsp3) is 0.455. The number of pyridine rings is 1. The zero-order valence-corrected chi connectivity index (χ0v) is 9.51. The fourth-order valence-corrected chi connectivity index (χ4v) is 1.99. The number of aliphatic hydroxyl groups is 1. The Balaban J connectivity index is 2.00. The highest BCUT2D eigenvalue weighted by atomic mass is 16.6. The Kier molecular flexibility index (Phi) is 2.39. The van der Waals surface area contributed by atoms with E-state index in [0.29, 0.717) is 24.7 Å². The molecule has 7 nitrogen and oxygen atoms in total.